The Kier molecular flexibility index (Phi) is 3.39. The standard InChI is InChI=1S/C16H17N3O/c1-20-13-6-7-14-15(9-13)19-16(18-14)8-11-4-2-3-5-12(11)10-17/h2-7,9H,8,10,17H2,1H3,(H,18,19). The summed E-state index contributed by atoms with van der Waals surface area (Å²) in [7, 11) is 1.66. The molecular weight excluding hydrogens is 250 g/mol. The lowest BCUT2D eigenvalue weighted by atomic mass is 10.0. The van der Waals surface area contributed by atoms with Crippen LogP contribution in [-0.4, -0.2) is 17.1 Å². The molecule has 0 saturated carbocycles. The molecule has 4 nitrogen and oxygen atoms in total. The molecule has 20 heavy (non-hydrogen) atoms. The van der Waals surface area contributed by atoms with E-state index in [4.69, 9.17) is 10.5 Å². The number of nitrogens with two attached hydrogens (primary N) is 1. The fourth-order valence-corrected chi connectivity index (χ4v) is 2.36. The minimum absolute atomic E-state index is 0.546. The predicted molar refractivity (Wildman–Crippen MR) is 79.8 cm³/mol. The third-order valence-electron chi connectivity index (χ3n) is 3.43. The van der Waals surface area contributed by atoms with Gasteiger partial charge in [0.05, 0.1) is 18.1 Å². The van der Waals surface area contributed by atoms with E-state index in [1.54, 1.807) is 7.11 Å². The molecule has 0 aliphatic carbocycles. The number of aromatic nitrogens is 2. The van der Waals surface area contributed by atoms with Crippen LogP contribution in [0, 0.1) is 0 Å². The monoisotopic (exact) mass is 267 g/mol. The lowest BCUT2D eigenvalue weighted by Gasteiger charge is -2.05. The summed E-state index contributed by atoms with van der Waals surface area (Å²) < 4.78 is 5.22. The predicted octanol–water partition coefficient (Wildman–Crippen LogP) is 2.62. The molecule has 0 fully saturated rings. The molecule has 4 heteroatoms. The molecular formula is C16H17N3O. The van der Waals surface area contributed by atoms with Crippen LogP contribution < -0.4 is 10.5 Å². The van der Waals surface area contributed by atoms with Crippen molar-refractivity contribution in [3.63, 3.8) is 0 Å². The van der Waals surface area contributed by atoms with Gasteiger partial charge in [0.15, 0.2) is 0 Å². The maximum atomic E-state index is 5.77. The number of hydrogen-bond acceptors (Lipinski definition) is 3. The summed E-state index contributed by atoms with van der Waals surface area (Å²) in [4.78, 5) is 7.95. The molecule has 1 aromatic heterocycles. The van der Waals surface area contributed by atoms with Gasteiger partial charge in [-0.1, -0.05) is 24.3 Å². The first-order valence-electron chi connectivity index (χ1n) is 6.59. The highest BCUT2D eigenvalue weighted by Crippen LogP contribution is 2.20. The lowest BCUT2D eigenvalue weighted by Crippen LogP contribution is -2.02. The third kappa shape index (κ3) is 2.38. The Morgan fingerprint density at radius 2 is 1.95 bits per heavy atom. The summed E-state index contributed by atoms with van der Waals surface area (Å²) in [6.45, 7) is 0.546. The first-order chi connectivity index (χ1) is 9.80. The van der Waals surface area contributed by atoms with Crippen LogP contribution in [0.4, 0.5) is 0 Å². The Hall–Kier alpha value is -2.33. The Morgan fingerprint density at radius 3 is 2.70 bits per heavy atom. The first-order valence-corrected chi connectivity index (χ1v) is 6.59. The van der Waals surface area contributed by atoms with Crippen molar-refractivity contribution in [2.45, 2.75) is 13.0 Å². The SMILES string of the molecule is COc1ccc2nc(Cc3ccccc3CN)[nH]c2c1. The number of hydrogen-bond donors (Lipinski definition) is 2. The summed E-state index contributed by atoms with van der Waals surface area (Å²) in [5.41, 5.74) is 10.1. The average Bonchev–Trinajstić information content (AvgIpc) is 2.89. The average molecular weight is 267 g/mol. The highest BCUT2D eigenvalue weighted by molar-refractivity contribution is 5.76. The summed E-state index contributed by atoms with van der Waals surface area (Å²) in [6.07, 6.45) is 0.754. The van der Waals surface area contributed by atoms with Gasteiger partial charge in [-0.05, 0) is 23.3 Å². The maximum Gasteiger partial charge on any atom is 0.121 e. The Labute approximate surface area is 117 Å². The number of fused-ring (bicyclic) bond motifs is 1. The fraction of sp³-hybridized carbons (Fsp3) is 0.188. The molecule has 102 valence electrons. The van der Waals surface area contributed by atoms with E-state index < -0.39 is 0 Å². The van der Waals surface area contributed by atoms with Gasteiger partial charge in [-0.25, -0.2) is 4.98 Å². The smallest absolute Gasteiger partial charge is 0.121 e. The van der Waals surface area contributed by atoms with E-state index in [9.17, 15) is 0 Å². The normalized spacial score (nSPS) is 10.9. The van der Waals surface area contributed by atoms with Crippen molar-refractivity contribution in [1.29, 1.82) is 0 Å². The van der Waals surface area contributed by atoms with E-state index in [0.717, 1.165) is 34.6 Å². The van der Waals surface area contributed by atoms with Gasteiger partial charge in [0, 0.05) is 19.0 Å². The molecule has 3 N–H and O–H groups in total. The highest BCUT2D eigenvalue weighted by Gasteiger charge is 2.07. The van der Waals surface area contributed by atoms with Crippen LogP contribution in [0.5, 0.6) is 5.75 Å². The Morgan fingerprint density at radius 1 is 1.15 bits per heavy atom. The van der Waals surface area contributed by atoms with E-state index in [-0.39, 0.29) is 0 Å². The van der Waals surface area contributed by atoms with Gasteiger partial charge in [0.1, 0.15) is 11.6 Å². The minimum Gasteiger partial charge on any atom is -0.497 e. The molecule has 3 aromatic rings. The van der Waals surface area contributed by atoms with Crippen molar-refractivity contribution in [2.75, 3.05) is 7.11 Å². The molecule has 0 unspecified atom stereocenters. The van der Waals surface area contributed by atoms with Gasteiger partial charge in [-0.2, -0.15) is 0 Å². The summed E-state index contributed by atoms with van der Waals surface area (Å²) >= 11 is 0. The van der Waals surface area contributed by atoms with Crippen LogP contribution in [0.15, 0.2) is 42.5 Å². The quantitative estimate of drug-likeness (QED) is 0.763. The van der Waals surface area contributed by atoms with Crippen molar-refractivity contribution in [1.82, 2.24) is 9.97 Å². The van der Waals surface area contributed by atoms with E-state index in [2.05, 4.69) is 22.1 Å². The number of methoxy groups -OCH3 is 1. The maximum absolute atomic E-state index is 5.77. The number of H-pyrrole nitrogens is 1. The minimum atomic E-state index is 0.546. The Balaban J connectivity index is 1.94. The van der Waals surface area contributed by atoms with Gasteiger partial charge in [0.2, 0.25) is 0 Å². The van der Waals surface area contributed by atoms with E-state index in [1.807, 2.05) is 30.3 Å². The molecule has 3 rings (SSSR count). The van der Waals surface area contributed by atoms with Crippen LogP contribution in [0.2, 0.25) is 0 Å². The van der Waals surface area contributed by atoms with Crippen LogP contribution in [0.1, 0.15) is 17.0 Å². The number of ether oxygens (including phenoxy) is 1. The number of benzene rings is 2. The largest absolute Gasteiger partial charge is 0.497 e. The van der Waals surface area contributed by atoms with Crippen molar-refractivity contribution >= 4 is 11.0 Å². The number of rotatable bonds is 4. The van der Waals surface area contributed by atoms with Crippen LogP contribution in [0.3, 0.4) is 0 Å². The van der Waals surface area contributed by atoms with Gasteiger partial charge in [-0.3, -0.25) is 0 Å². The molecule has 0 aliphatic rings. The zero-order chi connectivity index (χ0) is 13.9. The van der Waals surface area contributed by atoms with Gasteiger partial charge in [0.25, 0.3) is 0 Å². The second kappa shape index (κ2) is 5.35. The van der Waals surface area contributed by atoms with E-state index in [1.165, 1.54) is 5.56 Å². The summed E-state index contributed by atoms with van der Waals surface area (Å²) in [5.74, 6) is 1.77. The zero-order valence-corrected chi connectivity index (χ0v) is 11.4. The number of nitrogens with one attached hydrogen (secondary N) is 1. The third-order valence-corrected chi connectivity index (χ3v) is 3.43. The van der Waals surface area contributed by atoms with Gasteiger partial charge < -0.3 is 15.5 Å². The van der Waals surface area contributed by atoms with Crippen LogP contribution >= 0.6 is 0 Å². The van der Waals surface area contributed by atoms with Gasteiger partial charge >= 0.3 is 0 Å². The van der Waals surface area contributed by atoms with E-state index in [0.29, 0.717) is 6.54 Å². The Bertz CT molecular complexity index is 733. The molecule has 0 atom stereocenters. The van der Waals surface area contributed by atoms with Crippen molar-refractivity contribution in [3.05, 3.63) is 59.4 Å². The van der Waals surface area contributed by atoms with Crippen molar-refractivity contribution < 1.29 is 4.74 Å². The molecule has 1 heterocycles. The molecule has 0 radical (unpaired) electrons. The summed E-state index contributed by atoms with van der Waals surface area (Å²) in [5, 5.41) is 0. The van der Waals surface area contributed by atoms with Gasteiger partial charge in [-0.15, -0.1) is 0 Å². The molecule has 0 spiro atoms. The summed E-state index contributed by atoms with van der Waals surface area (Å²) in [6, 6.07) is 14.0. The molecule has 0 saturated heterocycles. The molecule has 0 bridgehead atoms. The van der Waals surface area contributed by atoms with Crippen LogP contribution in [0.25, 0.3) is 11.0 Å². The number of aromatic amines is 1. The first kappa shape index (κ1) is 12.7. The second-order valence-corrected chi connectivity index (χ2v) is 4.72. The molecule has 2 aromatic carbocycles. The molecule has 0 aliphatic heterocycles. The number of nitrogens with zero attached hydrogens (tertiary/aromatic N) is 1. The second-order valence-electron chi connectivity index (χ2n) is 4.72. The molecule has 0 amide bonds. The van der Waals surface area contributed by atoms with Crippen molar-refractivity contribution in [2.24, 2.45) is 5.73 Å². The highest BCUT2D eigenvalue weighted by atomic mass is 16.5. The number of imidazole rings is 1. The van der Waals surface area contributed by atoms with Crippen LogP contribution in [-0.2, 0) is 13.0 Å². The topological polar surface area (TPSA) is 63.9 Å². The van der Waals surface area contributed by atoms with E-state index >= 15 is 0 Å². The lowest BCUT2D eigenvalue weighted by molar-refractivity contribution is 0.415. The van der Waals surface area contributed by atoms with Crippen molar-refractivity contribution in [3.8, 4) is 5.75 Å². The fourth-order valence-electron chi connectivity index (χ4n) is 2.36. The zero-order valence-electron chi connectivity index (χ0n) is 11.4.